The van der Waals surface area contributed by atoms with E-state index in [4.69, 9.17) is 0 Å². The highest BCUT2D eigenvalue weighted by Gasteiger charge is 2.35. The largest absolute Gasteiger partial charge is 0.223 e. The van der Waals surface area contributed by atoms with Crippen molar-refractivity contribution in [2.45, 2.75) is 23.0 Å². The fraction of sp³-hybridized carbons (Fsp3) is 0.273. The maximum atomic E-state index is 11.9. The van der Waals surface area contributed by atoms with Crippen LogP contribution in [0.15, 0.2) is 41.8 Å². The quantitative estimate of drug-likeness (QED) is 0.696. The van der Waals surface area contributed by atoms with E-state index < -0.39 is 9.84 Å². The minimum atomic E-state index is -3.08. The van der Waals surface area contributed by atoms with Crippen LogP contribution in [0.5, 0.6) is 0 Å². The second-order valence-corrected chi connectivity index (χ2v) is 5.70. The van der Waals surface area contributed by atoms with Crippen LogP contribution in [-0.2, 0) is 16.3 Å². The van der Waals surface area contributed by atoms with E-state index in [1.54, 1.807) is 18.2 Å². The Morgan fingerprint density at radius 1 is 1.43 bits per heavy atom. The molecule has 2 nitrogen and oxygen atoms in total. The molecule has 74 valence electrons. The molecule has 14 heavy (non-hydrogen) atoms. The monoisotopic (exact) mass is 208 g/mol. The summed E-state index contributed by atoms with van der Waals surface area (Å²) in [7, 11) is -3.08. The van der Waals surface area contributed by atoms with E-state index in [0.717, 1.165) is 5.56 Å². The van der Waals surface area contributed by atoms with Crippen LogP contribution in [-0.4, -0.2) is 13.7 Å². The molecule has 1 unspecified atom stereocenters. The van der Waals surface area contributed by atoms with Gasteiger partial charge in [0.2, 0.25) is 0 Å². The number of fused-ring (bicyclic) bond motifs is 1. The summed E-state index contributed by atoms with van der Waals surface area (Å²) in [5.74, 6) is 0. The van der Waals surface area contributed by atoms with Crippen molar-refractivity contribution in [2.75, 3.05) is 0 Å². The molecule has 0 radical (unpaired) electrons. The topological polar surface area (TPSA) is 34.1 Å². The van der Waals surface area contributed by atoms with Crippen molar-refractivity contribution in [2.24, 2.45) is 0 Å². The minimum Gasteiger partial charge on any atom is -0.223 e. The molecule has 0 bridgehead atoms. The van der Waals surface area contributed by atoms with E-state index in [1.165, 1.54) is 0 Å². The molecule has 0 amide bonds. The predicted molar refractivity (Wildman–Crippen MR) is 55.9 cm³/mol. The Bertz CT molecular complexity index is 460. The zero-order chi connectivity index (χ0) is 10.2. The van der Waals surface area contributed by atoms with E-state index in [1.807, 2.05) is 12.1 Å². The summed E-state index contributed by atoms with van der Waals surface area (Å²) >= 11 is 0. The van der Waals surface area contributed by atoms with Gasteiger partial charge in [-0.1, -0.05) is 24.3 Å². The fourth-order valence-corrected chi connectivity index (χ4v) is 3.81. The third-order valence-corrected chi connectivity index (χ3v) is 4.84. The SMILES string of the molecule is C=CCC1Cc2ccccc2S1(=O)=O. The first kappa shape index (κ1) is 9.46. The molecule has 0 spiro atoms. The highest BCUT2D eigenvalue weighted by Crippen LogP contribution is 2.32. The highest BCUT2D eigenvalue weighted by molar-refractivity contribution is 7.92. The lowest BCUT2D eigenvalue weighted by molar-refractivity contribution is 0.586. The van der Waals surface area contributed by atoms with Crippen molar-refractivity contribution in [3.63, 3.8) is 0 Å². The van der Waals surface area contributed by atoms with Crippen molar-refractivity contribution >= 4 is 9.84 Å². The van der Waals surface area contributed by atoms with E-state index >= 15 is 0 Å². The summed E-state index contributed by atoms with van der Waals surface area (Å²) in [6, 6.07) is 7.22. The molecule has 0 aromatic heterocycles. The molecule has 2 rings (SSSR count). The predicted octanol–water partition coefficient (Wildman–Crippen LogP) is 1.96. The van der Waals surface area contributed by atoms with Gasteiger partial charge in [0.15, 0.2) is 9.84 Å². The normalized spacial score (nSPS) is 23.0. The number of hydrogen-bond donors (Lipinski definition) is 0. The summed E-state index contributed by atoms with van der Waals surface area (Å²) in [5, 5.41) is -0.294. The molecule has 1 heterocycles. The summed E-state index contributed by atoms with van der Waals surface area (Å²) in [5.41, 5.74) is 0.944. The Hall–Kier alpha value is -1.09. The molecule has 1 aliphatic rings. The molecular formula is C11H12O2S. The first-order valence-electron chi connectivity index (χ1n) is 4.59. The van der Waals surface area contributed by atoms with Crippen LogP contribution in [0.2, 0.25) is 0 Å². The zero-order valence-electron chi connectivity index (χ0n) is 7.81. The highest BCUT2D eigenvalue weighted by atomic mass is 32.2. The summed E-state index contributed by atoms with van der Waals surface area (Å²) in [6.07, 6.45) is 2.84. The van der Waals surface area contributed by atoms with Crippen LogP contribution in [0, 0.1) is 0 Å². The van der Waals surface area contributed by atoms with Gasteiger partial charge in [-0.25, -0.2) is 8.42 Å². The molecule has 0 fully saturated rings. The van der Waals surface area contributed by atoms with Crippen molar-refractivity contribution in [3.8, 4) is 0 Å². The Morgan fingerprint density at radius 3 is 2.79 bits per heavy atom. The molecule has 1 aromatic carbocycles. The molecular weight excluding hydrogens is 196 g/mol. The van der Waals surface area contributed by atoms with Gasteiger partial charge < -0.3 is 0 Å². The maximum absolute atomic E-state index is 11.9. The van der Waals surface area contributed by atoms with Gasteiger partial charge in [0.1, 0.15) is 0 Å². The van der Waals surface area contributed by atoms with Gasteiger partial charge in [0, 0.05) is 0 Å². The average Bonchev–Trinajstić information content (AvgIpc) is 2.41. The second-order valence-electron chi connectivity index (χ2n) is 3.50. The van der Waals surface area contributed by atoms with E-state index in [0.29, 0.717) is 17.7 Å². The van der Waals surface area contributed by atoms with Crippen molar-refractivity contribution < 1.29 is 8.42 Å². The van der Waals surface area contributed by atoms with E-state index in [-0.39, 0.29) is 5.25 Å². The Labute approximate surface area is 84.2 Å². The summed E-state index contributed by atoms with van der Waals surface area (Å²) in [4.78, 5) is 0.506. The smallest absolute Gasteiger partial charge is 0.182 e. The van der Waals surface area contributed by atoms with Gasteiger partial charge in [-0.15, -0.1) is 6.58 Å². The second kappa shape index (κ2) is 3.24. The van der Waals surface area contributed by atoms with Crippen LogP contribution >= 0.6 is 0 Å². The molecule has 1 aromatic rings. The lowest BCUT2D eigenvalue weighted by Gasteiger charge is -2.04. The standard InChI is InChI=1S/C11H12O2S/c1-2-5-10-8-9-6-3-4-7-11(9)14(10,12)13/h2-4,6-7,10H,1,5,8H2. The lowest BCUT2D eigenvalue weighted by atomic mass is 10.1. The fourth-order valence-electron chi connectivity index (χ4n) is 1.88. The number of rotatable bonds is 2. The molecule has 3 heteroatoms. The van der Waals surface area contributed by atoms with Gasteiger partial charge in [-0.05, 0) is 24.5 Å². The zero-order valence-corrected chi connectivity index (χ0v) is 8.63. The maximum Gasteiger partial charge on any atom is 0.182 e. The number of allylic oxidation sites excluding steroid dienone is 1. The lowest BCUT2D eigenvalue weighted by Crippen LogP contribution is -2.15. The minimum absolute atomic E-state index is 0.294. The summed E-state index contributed by atoms with van der Waals surface area (Å²) < 4.78 is 23.9. The van der Waals surface area contributed by atoms with Crippen LogP contribution in [0.4, 0.5) is 0 Å². The molecule has 0 N–H and O–H groups in total. The Balaban J connectivity index is 2.51. The molecule has 1 aliphatic heterocycles. The van der Waals surface area contributed by atoms with E-state index in [2.05, 4.69) is 6.58 Å². The van der Waals surface area contributed by atoms with Crippen LogP contribution < -0.4 is 0 Å². The van der Waals surface area contributed by atoms with Gasteiger partial charge in [0.25, 0.3) is 0 Å². The average molecular weight is 208 g/mol. The Morgan fingerprint density at radius 2 is 2.14 bits per heavy atom. The number of sulfone groups is 1. The van der Waals surface area contributed by atoms with Crippen molar-refractivity contribution in [1.82, 2.24) is 0 Å². The van der Waals surface area contributed by atoms with Crippen LogP contribution in [0.25, 0.3) is 0 Å². The third-order valence-electron chi connectivity index (χ3n) is 2.60. The van der Waals surface area contributed by atoms with Gasteiger partial charge >= 0.3 is 0 Å². The molecule has 1 atom stereocenters. The first-order valence-corrected chi connectivity index (χ1v) is 6.13. The first-order chi connectivity index (χ1) is 6.66. The number of benzene rings is 1. The number of hydrogen-bond acceptors (Lipinski definition) is 2. The molecule has 0 saturated carbocycles. The third kappa shape index (κ3) is 1.28. The Kier molecular flexibility index (Phi) is 2.19. The van der Waals surface area contributed by atoms with Crippen molar-refractivity contribution in [3.05, 3.63) is 42.5 Å². The summed E-state index contributed by atoms with van der Waals surface area (Å²) in [6.45, 7) is 3.59. The molecule has 0 saturated heterocycles. The van der Waals surface area contributed by atoms with E-state index in [9.17, 15) is 8.42 Å². The van der Waals surface area contributed by atoms with Gasteiger partial charge in [-0.3, -0.25) is 0 Å². The van der Waals surface area contributed by atoms with Crippen LogP contribution in [0.1, 0.15) is 12.0 Å². The van der Waals surface area contributed by atoms with Gasteiger partial charge in [-0.2, -0.15) is 0 Å². The van der Waals surface area contributed by atoms with Crippen molar-refractivity contribution in [1.29, 1.82) is 0 Å². The van der Waals surface area contributed by atoms with Crippen LogP contribution in [0.3, 0.4) is 0 Å². The molecule has 0 aliphatic carbocycles. The van der Waals surface area contributed by atoms with Gasteiger partial charge in [0.05, 0.1) is 10.1 Å².